The van der Waals surface area contributed by atoms with Crippen LogP contribution in [0.25, 0.3) is 0 Å². The first-order chi connectivity index (χ1) is 15.9. The average molecular weight is 453 g/mol. The number of amides is 2. The van der Waals surface area contributed by atoms with Crippen molar-refractivity contribution in [3.8, 4) is 5.75 Å². The van der Waals surface area contributed by atoms with Gasteiger partial charge in [0.15, 0.2) is 0 Å². The highest BCUT2D eigenvalue weighted by molar-refractivity contribution is 5.94. The summed E-state index contributed by atoms with van der Waals surface area (Å²) in [6.45, 7) is 4.34. The number of rotatable bonds is 13. The molecule has 0 spiro atoms. The van der Waals surface area contributed by atoms with Gasteiger partial charge in [-0.3, -0.25) is 9.59 Å². The Labute approximate surface area is 196 Å². The summed E-state index contributed by atoms with van der Waals surface area (Å²) in [5, 5.41) is 2.91. The van der Waals surface area contributed by atoms with E-state index in [2.05, 4.69) is 5.32 Å². The molecule has 0 atom stereocenters. The Bertz CT molecular complexity index is 908. The van der Waals surface area contributed by atoms with E-state index < -0.39 is 0 Å². The van der Waals surface area contributed by atoms with Crippen LogP contribution in [-0.4, -0.2) is 43.0 Å². The fraction of sp³-hybridized carbons (Fsp3) is 0.462. The highest BCUT2D eigenvalue weighted by Gasteiger charge is 2.39. The zero-order chi connectivity index (χ0) is 23.7. The van der Waals surface area contributed by atoms with Crippen molar-refractivity contribution in [2.75, 3.05) is 32.0 Å². The molecule has 0 radical (unpaired) electrons. The minimum atomic E-state index is -0.127. The highest BCUT2D eigenvalue weighted by atomic mass is 16.5. The van der Waals surface area contributed by atoms with Crippen LogP contribution < -0.4 is 21.5 Å². The molecule has 0 saturated heterocycles. The van der Waals surface area contributed by atoms with E-state index in [0.717, 1.165) is 37.9 Å². The number of hydrogen-bond acceptors (Lipinski definition) is 5. The minimum Gasteiger partial charge on any atom is -0.494 e. The van der Waals surface area contributed by atoms with Gasteiger partial charge in [0.25, 0.3) is 5.91 Å². The van der Waals surface area contributed by atoms with Crippen LogP contribution in [-0.2, 0) is 10.3 Å². The lowest BCUT2D eigenvalue weighted by Crippen LogP contribution is -2.33. The van der Waals surface area contributed by atoms with Gasteiger partial charge in [0.2, 0.25) is 5.91 Å². The minimum absolute atomic E-state index is 0.111. The number of nitrogens with one attached hydrogen (secondary N) is 1. The molecule has 178 valence electrons. The lowest BCUT2D eigenvalue weighted by Gasteiger charge is -2.22. The van der Waals surface area contributed by atoms with Crippen LogP contribution in [0.3, 0.4) is 0 Å². The molecule has 0 aromatic heterocycles. The molecule has 1 aliphatic carbocycles. The lowest BCUT2D eigenvalue weighted by molar-refractivity contribution is -0.131. The van der Waals surface area contributed by atoms with Gasteiger partial charge in [0.1, 0.15) is 5.75 Å². The summed E-state index contributed by atoms with van der Waals surface area (Å²) in [6, 6.07) is 14.9. The van der Waals surface area contributed by atoms with Gasteiger partial charge in [-0.25, -0.2) is 0 Å². The van der Waals surface area contributed by atoms with E-state index in [0.29, 0.717) is 43.9 Å². The number of nitrogens with two attached hydrogens (primary N) is 2. The molecular formula is C26H36N4O3. The van der Waals surface area contributed by atoms with Gasteiger partial charge in [0, 0.05) is 42.8 Å². The van der Waals surface area contributed by atoms with Crippen molar-refractivity contribution in [1.82, 2.24) is 10.2 Å². The molecule has 2 amide bonds. The predicted molar refractivity (Wildman–Crippen MR) is 131 cm³/mol. The quantitative estimate of drug-likeness (QED) is 0.318. The van der Waals surface area contributed by atoms with E-state index in [-0.39, 0.29) is 17.4 Å². The van der Waals surface area contributed by atoms with Gasteiger partial charge in [-0.05, 0) is 74.1 Å². The number of benzene rings is 2. The van der Waals surface area contributed by atoms with Gasteiger partial charge < -0.3 is 26.4 Å². The van der Waals surface area contributed by atoms with Crippen LogP contribution in [0.1, 0.15) is 61.4 Å². The molecule has 2 aromatic carbocycles. The van der Waals surface area contributed by atoms with Gasteiger partial charge in [-0.15, -0.1) is 0 Å². The van der Waals surface area contributed by atoms with Crippen molar-refractivity contribution >= 4 is 17.5 Å². The van der Waals surface area contributed by atoms with Gasteiger partial charge in [-0.1, -0.05) is 19.1 Å². The van der Waals surface area contributed by atoms with Crippen LogP contribution in [0, 0.1) is 0 Å². The molecule has 2 aromatic rings. The van der Waals surface area contributed by atoms with Crippen molar-refractivity contribution in [1.29, 1.82) is 0 Å². The topological polar surface area (TPSA) is 111 Å². The first-order valence-corrected chi connectivity index (χ1v) is 11.8. The van der Waals surface area contributed by atoms with Crippen LogP contribution in [0.4, 0.5) is 5.69 Å². The molecule has 1 aliphatic rings. The van der Waals surface area contributed by atoms with Crippen molar-refractivity contribution in [3.05, 3.63) is 59.7 Å². The number of carbonyl (C=O) groups excluding carboxylic acids is 2. The smallest absolute Gasteiger partial charge is 0.251 e. The van der Waals surface area contributed by atoms with Gasteiger partial charge in [0.05, 0.1) is 6.61 Å². The maximum Gasteiger partial charge on any atom is 0.251 e. The summed E-state index contributed by atoms with van der Waals surface area (Å²) < 4.78 is 5.84. The molecule has 7 heteroatoms. The summed E-state index contributed by atoms with van der Waals surface area (Å²) in [6.07, 6.45) is 4.97. The van der Waals surface area contributed by atoms with Crippen LogP contribution in [0.2, 0.25) is 0 Å². The number of hydrogen-bond donors (Lipinski definition) is 3. The number of unbranched alkanes of at least 4 members (excludes halogenated alkanes) is 1. The molecule has 0 bridgehead atoms. The maximum absolute atomic E-state index is 12.3. The Morgan fingerprint density at radius 1 is 1.00 bits per heavy atom. The van der Waals surface area contributed by atoms with Crippen LogP contribution >= 0.6 is 0 Å². The summed E-state index contributed by atoms with van der Waals surface area (Å²) in [4.78, 5) is 26.3. The maximum atomic E-state index is 12.3. The number of ether oxygens (including phenoxy) is 1. The van der Waals surface area contributed by atoms with Crippen molar-refractivity contribution in [2.45, 2.75) is 51.0 Å². The summed E-state index contributed by atoms with van der Waals surface area (Å²) in [5.41, 5.74) is 14.1. The van der Waals surface area contributed by atoms with Crippen molar-refractivity contribution in [3.63, 3.8) is 0 Å². The Balaban J connectivity index is 1.32. The van der Waals surface area contributed by atoms with E-state index in [1.54, 1.807) is 24.3 Å². The van der Waals surface area contributed by atoms with E-state index >= 15 is 0 Å². The molecule has 5 N–H and O–H groups in total. The second kappa shape index (κ2) is 11.7. The Kier molecular flexibility index (Phi) is 8.72. The second-order valence-electron chi connectivity index (χ2n) is 8.70. The highest BCUT2D eigenvalue weighted by Crippen LogP contribution is 2.42. The molecule has 0 unspecified atom stereocenters. The summed E-state index contributed by atoms with van der Waals surface area (Å²) in [7, 11) is 0. The summed E-state index contributed by atoms with van der Waals surface area (Å²) >= 11 is 0. The Morgan fingerprint density at radius 3 is 2.30 bits per heavy atom. The fourth-order valence-electron chi connectivity index (χ4n) is 3.70. The van der Waals surface area contributed by atoms with Gasteiger partial charge in [-0.2, -0.15) is 0 Å². The third-order valence-electron chi connectivity index (χ3n) is 6.03. The molecular weight excluding hydrogens is 416 g/mol. The molecule has 0 heterocycles. The van der Waals surface area contributed by atoms with E-state index in [4.69, 9.17) is 16.2 Å². The zero-order valence-electron chi connectivity index (χ0n) is 19.5. The number of nitrogens with zero attached hydrogens (tertiary/aromatic N) is 1. The van der Waals surface area contributed by atoms with Gasteiger partial charge >= 0.3 is 0 Å². The molecule has 1 fully saturated rings. The third-order valence-corrected chi connectivity index (χ3v) is 6.03. The zero-order valence-corrected chi connectivity index (χ0v) is 19.5. The molecule has 7 nitrogen and oxygen atoms in total. The number of anilines is 1. The van der Waals surface area contributed by atoms with E-state index in [1.165, 1.54) is 5.56 Å². The molecule has 1 saturated carbocycles. The molecule has 3 rings (SSSR count). The van der Waals surface area contributed by atoms with Crippen LogP contribution in [0.5, 0.6) is 5.75 Å². The SMILES string of the molecule is CCC(=O)N(CCCCNC(=O)c1ccc(N)cc1)CCCOc1ccc(C2(N)CC2)cc1. The lowest BCUT2D eigenvalue weighted by atomic mass is 10.1. The largest absolute Gasteiger partial charge is 0.494 e. The fourth-order valence-corrected chi connectivity index (χ4v) is 3.70. The van der Waals surface area contributed by atoms with Crippen molar-refractivity contribution < 1.29 is 14.3 Å². The Morgan fingerprint density at radius 2 is 1.67 bits per heavy atom. The third kappa shape index (κ3) is 7.49. The Hall–Kier alpha value is -3.06. The van der Waals surface area contributed by atoms with Crippen LogP contribution in [0.15, 0.2) is 48.5 Å². The standard InChI is InChI=1S/C26H36N4O3/c1-2-24(31)30(17-4-3-16-29-25(32)20-6-10-22(27)11-7-20)18-5-19-33-23-12-8-21(9-13-23)26(28)14-15-26/h6-13H,2-5,14-19,27-28H2,1H3,(H,29,32). The first kappa shape index (κ1) is 24.6. The number of carbonyl (C=O) groups is 2. The predicted octanol–water partition coefficient (Wildman–Crippen LogP) is 3.43. The van der Waals surface area contributed by atoms with Crippen molar-refractivity contribution in [2.24, 2.45) is 5.73 Å². The molecule has 0 aliphatic heterocycles. The first-order valence-electron chi connectivity index (χ1n) is 11.8. The average Bonchev–Trinajstić information content (AvgIpc) is 3.58. The van der Waals surface area contributed by atoms with E-state index in [9.17, 15) is 9.59 Å². The summed E-state index contributed by atoms with van der Waals surface area (Å²) in [5.74, 6) is 0.858. The number of nitrogen functional groups attached to an aromatic ring is 1. The molecule has 33 heavy (non-hydrogen) atoms. The normalized spacial score (nSPS) is 13.9. The second-order valence-corrected chi connectivity index (χ2v) is 8.70. The monoisotopic (exact) mass is 452 g/mol. The van der Waals surface area contributed by atoms with E-state index in [1.807, 2.05) is 36.1 Å².